The van der Waals surface area contributed by atoms with Crippen molar-refractivity contribution in [1.29, 1.82) is 0 Å². The van der Waals surface area contributed by atoms with E-state index in [4.69, 9.17) is 0 Å². The van der Waals surface area contributed by atoms with E-state index in [1.54, 1.807) is 18.7 Å². The summed E-state index contributed by atoms with van der Waals surface area (Å²) in [6.07, 6.45) is 0.836. The topological polar surface area (TPSA) is 49.4 Å². The first-order chi connectivity index (χ1) is 12.4. The Labute approximate surface area is 155 Å². The highest BCUT2D eigenvalue weighted by atomic mass is 16.2. The SMILES string of the molecule is Cc1ccc(CNC(=O)C(C)(C)C(=O)N2CCc3ccccc3C2)cc1. The van der Waals surface area contributed by atoms with Crippen molar-refractivity contribution in [3.63, 3.8) is 0 Å². The number of carbonyl (C=O) groups is 2. The van der Waals surface area contributed by atoms with Crippen LogP contribution in [0, 0.1) is 12.3 Å². The van der Waals surface area contributed by atoms with E-state index < -0.39 is 5.41 Å². The molecule has 1 heterocycles. The summed E-state index contributed by atoms with van der Waals surface area (Å²) in [6, 6.07) is 16.2. The molecule has 0 aromatic heterocycles. The van der Waals surface area contributed by atoms with Crippen LogP contribution in [0.25, 0.3) is 0 Å². The highest BCUT2D eigenvalue weighted by molar-refractivity contribution is 6.04. The third-order valence-electron chi connectivity index (χ3n) is 5.09. The van der Waals surface area contributed by atoms with Gasteiger partial charge in [0.25, 0.3) is 0 Å². The van der Waals surface area contributed by atoms with Crippen LogP contribution in [0.4, 0.5) is 0 Å². The monoisotopic (exact) mass is 350 g/mol. The lowest BCUT2D eigenvalue weighted by molar-refractivity contribution is -0.149. The Hall–Kier alpha value is -2.62. The molecule has 1 aliphatic rings. The normalized spacial score (nSPS) is 13.9. The highest BCUT2D eigenvalue weighted by Gasteiger charge is 2.39. The second-order valence-electron chi connectivity index (χ2n) is 7.54. The maximum Gasteiger partial charge on any atom is 0.238 e. The van der Waals surface area contributed by atoms with E-state index in [1.807, 2.05) is 43.3 Å². The summed E-state index contributed by atoms with van der Waals surface area (Å²) < 4.78 is 0. The number of nitrogens with zero attached hydrogens (tertiary/aromatic N) is 1. The van der Waals surface area contributed by atoms with Gasteiger partial charge in [-0.3, -0.25) is 9.59 Å². The van der Waals surface area contributed by atoms with Gasteiger partial charge in [0.2, 0.25) is 11.8 Å². The fraction of sp³-hybridized carbons (Fsp3) is 0.364. The van der Waals surface area contributed by atoms with Gasteiger partial charge in [-0.2, -0.15) is 0 Å². The number of carbonyl (C=O) groups excluding carboxylic acids is 2. The largest absolute Gasteiger partial charge is 0.351 e. The van der Waals surface area contributed by atoms with E-state index in [1.165, 1.54) is 16.7 Å². The van der Waals surface area contributed by atoms with Crippen LogP contribution in [0.1, 0.15) is 36.1 Å². The number of nitrogens with one attached hydrogen (secondary N) is 1. The Morgan fingerprint density at radius 2 is 1.69 bits per heavy atom. The van der Waals surface area contributed by atoms with E-state index in [2.05, 4.69) is 17.4 Å². The predicted molar refractivity (Wildman–Crippen MR) is 102 cm³/mol. The average Bonchev–Trinajstić information content (AvgIpc) is 2.66. The highest BCUT2D eigenvalue weighted by Crippen LogP contribution is 2.25. The van der Waals surface area contributed by atoms with Gasteiger partial charge in [-0.25, -0.2) is 0 Å². The van der Waals surface area contributed by atoms with E-state index in [9.17, 15) is 9.59 Å². The summed E-state index contributed by atoms with van der Waals surface area (Å²) in [6.45, 7) is 7.11. The van der Waals surface area contributed by atoms with Crippen LogP contribution in [0.15, 0.2) is 48.5 Å². The molecule has 4 nitrogen and oxygen atoms in total. The predicted octanol–water partition coefficient (Wildman–Crippen LogP) is 3.22. The van der Waals surface area contributed by atoms with Crippen molar-refractivity contribution in [3.05, 3.63) is 70.8 Å². The van der Waals surface area contributed by atoms with Crippen molar-refractivity contribution in [1.82, 2.24) is 10.2 Å². The van der Waals surface area contributed by atoms with Crippen LogP contribution in [-0.2, 0) is 29.1 Å². The standard InChI is InChI=1S/C22H26N2O2/c1-16-8-10-17(11-9-16)14-23-20(25)22(2,3)21(26)24-13-12-18-6-4-5-7-19(18)15-24/h4-11H,12-15H2,1-3H3,(H,23,25). The molecule has 4 heteroatoms. The van der Waals surface area contributed by atoms with Crippen LogP contribution >= 0.6 is 0 Å². The summed E-state index contributed by atoms with van der Waals surface area (Å²) in [4.78, 5) is 27.5. The van der Waals surface area contributed by atoms with Gasteiger partial charge < -0.3 is 10.2 Å². The smallest absolute Gasteiger partial charge is 0.238 e. The molecule has 0 atom stereocenters. The van der Waals surface area contributed by atoms with Crippen LogP contribution < -0.4 is 5.32 Å². The average molecular weight is 350 g/mol. The minimum atomic E-state index is -1.09. The Morgan fingerprint density at radius 3 is 2.38 bits per heavy atom. The van der Waals surface area contributed by atoms with Gasteiger partial charge in [-0.15, -0.1) is 0 Å². The molecule has 0 bridgehead atoms. The summed E-state index contributed by atoms with van der Waals surface area (Å²) in [5.41, 5.74) is 3.58. The molecule has 0 saturated carbocycles. The molecule has 26 heavy (non-hydrogen) atoms. The van der Waals surface area contributed by atoms with Crippen LogP contribution in [0.5, 0.6) is 0 Å². The van der Waals surface area contributed by atoms with Crippen molar-refractivity contribution < 1.29 is 9.59 Å². The number of fused-ring (bicyclic) bond motifs is 1. The number of hydrogen-bond acceptors (Lipinski definition) is 2. The summed E-state index contributed by atoms with van der Waals surface area (Å²) in [5.74, 6) is -0.352. The number of hydrogen-bond donors (Lipinski definition) is 1. The zero-order valence-corrected chi connectivity index (χ0v) is 15.7. The van der Waals surface area contributed by atoms with Crippen molar-refractivity contribution in [2.45, 2.75) is 40.3 Å². The molecule has 0 radical (unpaired) electrons. The first kappa shape index (κ1) is 18.2. The van der Waals surface area contributed by atoms with Crippen molar-refractivity contribution in [2.24, 2.45) is 5.41 Å². The molecular weight excluding hydrogens is 324 g/mol. The maximum absolute atomic E-state index is 13.0. The Morgan fingerprint density at radius 1 is 1.04 bits per heavy atom. The molecule has 0 unspecified atom stereocenters. The molecule has 1 N–H and O–H groups in total. The molecule has 3 rings (SSSR count). The van der Waals surface area contributed by atoms with Crippen molar-refractivity contribution in [3.8, 4) is 0 Å². The van der Waals surface area contributed by atoms with E-state index in [-0.39, 0.29) is 11.8 Å². The van der Waals surface area contributed by atoms with Gasteiger partial charge in [0.05, 0.1) is 0 Å². The quantitative estimate of drug-likeness (QED) is 0.861. The molecule has 1 aliphatic heterocycles. The fourth-order valence-electron chi connectivity index (χ4n) is 3.27. The van der Waals surface area contributed by atoms with E-state index >= 15 is 0 Å². The first-order valence-corrected chi connectivity index (χ1v) is 9.08. The van der Waals surface area contributed by atoms with Crippen molar-refractivity contribution in [2.75, 3.05) is 6.54 Å². The van der Waals surface area contributed by atoms with Crippen LogP contribution in [-0.4, -0.2) is 23.3 Å². The minimum absolute atomic E-state index is 0.117. The lowest BCUT2D eigenvalue weighted by Gasteiger charge is -2.34. The molecule has 2 aromatic rings. The molecule has 0 spiro atoms. The lowest BCUT2D eigenvalue weighted by atomic mass is 9.88. The third-order valence-corrected chi connectivity index (χ3v) is 5.09. The Kier molecular flexibility index (Phi) is 5.12. The van der Waals surface area contributed by atoms with Crippen LogP contribution in [0.3, 0.4) is 0 Å². The summed E-state index contributed by atoms with van der Waals surface area (Å²) in [5, 5.41) is 2.91. The number of benzene rings is 2. The second-order valence-corrected chi connectivity index (χ2v) is 7.54. The molecule has 2 aromatic carbocycles. The maximum atomic E-state index is 13.0. The molecule has 0 saturated heterocycles. The summed E-state index contributed by atoms with van der Waals surface area (Å²) in [7, 11) is 0. The van der Waals surface area contributed by atoms with Gasteiger partial charge in [-0.05, 0) is 43.9 Å². The van der Waals surface area contributed by atoms with Gasteiger partial charge in [0.1, 0.15) is 5.41 Å². The summed E-state index contributed by atoms with van der Waals surface area (Å²) >= 11 is 0. The molecule has 0 aliphatic carbocycles. The van der Waals surface area contributed by atoms with Gasteiger partial charge in [-0.1, -0.05) is 54.1 Å². The molecule has 136 valence electrons. The molecular formula is C22H26N2O2. The Balaban J connectivity index is 1.64. The van der Waals surface area contributed by atoms with Crippen LogP contribution in [0.2, 0.25) is 0 Å². The first-order valence-electron chi connectivity index (χ1n) is 9.08. The molecule has 0 fully saturated rings. The fourth-order valence-corrected chi connectivity index (χ4v) is 3.27. The number of aryl methyl sites for hydroxylation is 1. The van der Waals surface area contributed by atoms with Gasteiger partial charge >= 0.3 is 0 Å². The zero-order chi connectivity index (χ0) is 18.7. The minimum Gasteiger partial charge on any atom is -0.351 e. The van der Waals surface area contributed by atoms with E-state index in [0.29, 0.717) is 19.6 Å². The number of amides is 2. The van der Waals surface area contributed by atoms with Gasteiger partial charge in [0, 0.05) is 19.6 Å². The number of rotatable bonds is 4. The van der Waals surface area contributed by atoms with Gasteiger partial charge in [0.15, 0.2) is 0 Å². The van der Waals surface area contributed by atoms with E-state index in [0.717, 1.165) is 12.0 Å². The lowest BCUT2D eigenvalue weighted by Crippen LogP contribution is -2.50. The zero-order valence-electron chi connectivity index (χ0n) is 15.7. The van der Waals surface area contributed by atoms with Crippen molar-refractivity contribution >= 4 is 11.8 Å². The molecule has 2 amide bonds. The Bertz CT molecular complexity index is 809. The third kappa shape index (κ3) is 3.79. The second kappa shape index (κ2) is 7.32.